The van der Waals surface area contributed by atoms with Gasteiger partial charge in [0.25, 0.3) is 0 Å². The first-order valence-electron chi connectivity index (χ1n) is 9.89. The number of hydrogen-bond donors (Lipinski definition) is 0. The third-order valence-corrected chi connectivity index (χ3v) is 8.31. The highest BCUT2D eigenvalue weighted by Crippen LogP contribution is 2.41. The van der Waals surface area contributed by atoms with Gasteiger partial charge >= 0.3 is 5.97 Å². The maximum absolute atomic E-state index is 12.4. The number of rotatable bonds is 6. The molecule has 1 saturated heterocycles. The average molecular weight is 500 g/mol. The molecule has 0 amide bonds. The van der Waals surface area contributed by atoms with E-state index < -0.39 is 5.97 Å². The Kier molecular flexibility index (Phi) is 6.24. The van der Waals surface area contributed by atoms with Crippen LogP contribution >= 0.6 is 39.0 Å². The summed E-state index contributed by atoms with van der Waals surface area (Å²) in [7, 11) is 1.38. The van der Waals surface area contributed by atoms with Gasteiger partial charge in [-0.2, -0.15) is 14.8 Å². The number of carbonyl (C=O) groups is 1. The van der Waals surface area contributed by atoms with Crippen molar-refractivity contribution in [2.45, 2.75) is 49.1 Å². The SMILES string of the molecule is COC(=O)c1c(Br)c(C)nn1-c1nc(N2CCN(C3CC3)CC2)c(SC(C)C)s1. The second-order valence-electron chi connectivity index (χ2n) is 7.68. The van der Waals surface area contributed by atoms with Crippen LogP contribution in [-0.4, -0.2) is 70.2 Å². The van der Waals surface area contributed by atoms with Crippen LogP contribution < -0.4 is 4.90 Å². The van der Waals surface area contributed by atoms with Crippen LogP contribution in [0.3, 0.4) is 0 Å². The van der Waals surface area contributed by atoms with Crippen molar-refractivity contribution in [2.75, 3.05) is 38.2 Å². The lowest BCUT2D eigenvalue weighted by Crippen LogP contribution is -2.47. The Morgan fingerprint density at radius 2 is 1.97 bits per heavy atom. The van der Waals surface area contributed by atoms with Gasteiger partial charge < -0.3 is 9.64 Å². The number of aryl methyl sites for hydroxylation is 1. The van der Waals surface area contributed by atoms with Crippen LogP contribution in [0.25, 0.3) is 5.13 Å². The van der Waals surface area contributed by atoms with Crippen molar-refractivity contribution in [3.8, 4) is 5.13 Å². The smallest absolute Gasteiger partial charge is 0.358 e. The summed E-state index contributed by atoms with van der Waals surface area (Å²) in [6.45, 7) is 10.4. The summed E-state index contributed by atoms with van der Waals surface area (Å²) in [4.78, 5) is 22.3. The van der Waals surface area contributed by atoms with Crippen LogP contribution in [0.1, 0.15) is 42.9 Å². The van der Waals surface area contributed by atoms with Gasteiger partial charge in [0.15, 0.2) is 11.5 Å². The van der Waals surface area contributed by atoms with Gasteiger partial charge in [0.1, 0.15) is 4.21 Å². The summed E-state index contributed by atoms with van der Waals surface area (Å²) >= 11 is 6.88. The number of ether oxygens (including phenoxy) is 1. The Bertz CT molecular complexity index is 901. The molecule has 0 aromatic carbocycles. The quantitative estimate of drug-likeness (QED) is 0.439. The first kappa shape index (κ1) is 21.1. The topological polar surface area (TPSA) is 63.5 Å². The van der Waals surface area contributed by atoms with E-state index in [4.69, 9.17) is 9.72 Å². The van der Waals surface area contributed by atoms with E-state index in [1.165, 1.54) is 24.2 Å². The molecule has 0 radical (unpaired) electrons. The third-order valence-electron chi connectivity index (χ3n) is 5.14. The van der Waals surface area contributed by atoms with Crippen molar-refractivity contribution in [1.82, 2.24) is 19.7 Å². The van der Waals surface area contributed by atoms with Crippen molar-refractivity contribution < 1.29 is 9.53 Å². The molecule has 0 bridgehead atoms. The first-order valence-corrected chi connectivity index (χ1v) is 12.4. The molecule has 2 aliphatic rings. The molecule has 1 aliphatic carbocycles. The molecular weight excluding hydrogens is 474 g/mol. The fourth-order valence-electron chi connectivity index (χ4n) is 3.53. The molecule has 1 saturated carbocycles. The largest absolute Gasteiger partial charge is 0.464 e. The maximum atomic E-state index is 12.4. The zero-order valence-corrected chi connectivity index (χ0v) is 20.4. The van der Waals surface area contributed by atoms with E-state index in [0.717, 1.165) is 43.7 Å². The van der Waals surface area contributed by atoms with Gasteiger partial charge in [-0.3, -0.25) is 4.90 Å². The molecule has 2 fully saturated rings. The zero-order chi connectivity index (χ0) is 20.7. The molecule has 3 heterocycles. The van der Waals surface area contributed by atoms with Gasteiger partial charge in [0, 0.05) is 37.5 Å². The predicted octanol–water partition coefficient (Wildman–Crippen LogP) is 3.97. The minimum Gasteiger partial charge on any atom is -0.464 e. The second kappa shape index (κ2) is 8.56. The van der Waals surface area contributed by atoms with E-state index >= 15 is 0 Å². The minimum absolute atomic E-state index is 0.380. The van der Waals surface area contributed by atoms with Crippen molar-refractivity contribution in [3.05, 3.63) is 15.9 Å². The minimum atomic E-state index is -0.426. The van der Waals surface area contributed by atoms with Gasteiger partial charge in [0.05, 0.1) is 17.3 Å². The van der Waals surface area contributed by atoms with Crippen molar-refractivity contribution in [3.63, 3.8) is 0 Å². The molecule has 158 valence electrons. The number of piperazine rings is 1. The number of halogens is 1. The van der Waals surface area contributed by atoms with Gasteiger partial charge in [-0.05, 0) is 35.7 Å². The van der Waals surface area contributed by atoms with Crippen molar-refractivity contribution in [1.29, 1.82) is 0 Å². The van der Waals surface area contributed by atoms with Crippen LogP contribution in [0.4, 0.5) is 5.82 Å². The van der Waals surface area contributed by atoms with E-state index in [-0.39, 0.29) is 0 Å². The highest BCUT2D eigenvalue weighted by molar-refractivity contribution is 9.10. The number of esters is 1. The van der Waals surface area contributed by atoms with E-state index in [2.05, 4.69) is 44.7 Å². The lowest BCUT2D eigenvalue weighted by Gasteiger charge is -2.35. The molecule has 10 heteroatoms. The molecule has 0 N–H and O–H groups in total. The summed E-state index contributed by atoms with van der Waals surface area (Å²) in [5, 5.41) is 5.69. The summed E-state index contributed by atoms with van der Waals surface area (Å²) in [5.41, 5.74) is 1.11. The fraction of sp³-hybridized carbons (Fsp3) is 0.632. The number of thiazole rings is 1. The van der Waals surface area contributed by atoms with Crippen molar-refractivity contribution >= 4 is 50.8 Å². The highest BCUT2D eigenvalue weighted by Gasteiger charge is 2.33. The molecular formula is C19H26BrN5O2S2. The van der Waals surface area contributed by atoms with Crippen LogP contribution in [0.2, 0.25) is 0 Å². The Hall–Kier alpha value is -1.10. The Morgan fingerprint density at radius 3 is 2.55 bits per heavy atom. The molecule has 1 aliphatic heterocycles. The Labute approximate surface area is 187 Å². The lowest BCUT2D eigenvalue weighted by atomic mass is 10.3. The predicted molar refractivity (Wildman–Crippen MR) is 121 cm³/mol. The number of aromatic nitrogens is 3. The first-order chi connectivity index (χ1) is 13.9. The van der Waals surface area contributed by atoms with Gasteiger partial charge in [-0.25, -0.2) is 4.79 Å². The zero-order valence-electron chi connectivity index (χ0n) is 17.1. The van der Waals surface area contributed by atoms with Crippen molar-refractivity contribution in [2.24, 2.45) is 0 Å². The summed E-state index contributed by atoms with van der Waals surface area (Å²) in [5.74, 6) is 0.588. The average Bonchev–Trinajstić information content (AvgIpc) is 3.41. The molecule has 4 rings (SSSR count). The molecule has 7 nitrogen and oxygen atoms in total. The Balaban J connectivity index is 1.67. The molecule has 0 unspecified atom stereocenters. The summed E-state index contributed by atoms with van der Waals surface area (Å²) in [6, 6.07) is 0.805. The van der Waals surface area contributed by atoms with Crippen LogP contribution in [-0.2, 0) is 4.74 Å². The fourth-order valence-corrected chi connectivity index (χ4v) is 6.42. The van der Waals surface area contributed by atoms with Crippen LogP contribution in [0.15, 0.2) is 8.68 Å². The van der Waals surface area contributed by atoms with E-state index in [1.807, 2.05) is 18.7 Å². The molecule has 2 aromatic rings. The number of methoxy groups -OCH3 is 1. The Morgan fingerprint density at radius 1 is 1.28 bits per heavy atom. The van der Waals surface area contributed by atoms with Crippen LogP contribution in [0, 0.1) is 6.92 Å². The maximum Gasteiger partial charge on any atom is 0.358 e. The lowest BCUT2D eigenvalue weighted by molar-refractivity contribution is 0.0589. The number of hydrogen-bond acceptors (Lipinski definition) is 8. The molecule has 2 aromatic heterocycles. The van der Waals surface area contributed by atoms with E-state index in [0.29, 0.717) is 20.5 Å². The second-order valence-corrected chi connectivity index (χ2v) is 11.3. The van der Waals surface area contributed by atoms with Gasteiger partial charge in [-0.1, -0.05) is 25.2 Å². The third kappa shape index (κ3) is 4.35. The number of carbonyl (C=O) groups excluding carboxylic acids is 1. The molecule has 0 atom stereocenters. The summed E-state index contributed by atoms with van der Waals surface area (Å²) in [6.07, 6.45) is 2.69. The monoisotopic (exact) mass is 499 g/mol. The van der Waals surface area contributed by atoms with Gasteiger partial charge in [0.2, 0.25) is 5.13 Å². The number of anilines is 1. The summed E-state index contributed by atoms with van der Waals surface area (Å²) < 4.78 is 8.42. The number of thioether (sulfide) groups is 1. The van der Waals surface area contributed by atoms with E-state index in [9.17, 15) is 4.79 Å². The van der Waals surface area contributed by atoms with E-state index in [1.54, 1.807) is 16.0 Å². The standard InChI is InChI=1S/C19H26BrN5O2S2/c1-11(2)28-18-16(24-9-7-23(8-10-24)13-5-6-13)21-19(29-18)25-15(17(26)27-4)14(20)12(3)22-25/h11,13H,5-10H2,1-4H3. The highest BCUT2D eigenvalue weighted by atomic mass is 79.9. The normalized spacial score (nSPS) is 17.9. The molecule has 0 spiro atoms. The number of nitrogens with zero attached hydrogens (tertiary/aromatic N) is 5. The van der Waals surface area contributed by atoms with Crippen LogP contribution in [0.5, 0.6) is 0 Å². The van der Waals surface area contributed by atoms with Gasteiger partial charge in [-0.15, -0.1) is 11.8 Å². The molecule has 29 heavy (non-hydrogen) atoms.